The number of ether oxygens (including phenoxy) is 1. The van der Waals surface area contributed by atoms with Gasteiger partial charge in [-0.15, -0.1) is 0 Å². The minimum atomic E-state index is -1.24. The van der Waals surface area contributed by atoms with Crippen LogP contribution in [0.25, 0.3) is 0 Å². The average Bonchev–Trinajstić information content (AvgIpc) is 2.33. The Labute approximate surface area is 77.3 Å². The fraction of sp³-hybridized carbons (Fsp3) is 0.625. The van der Waals surface area contributed by atoms with Crippen LogP contribution < -0.4 is 16.6 Å². The van der Waals surface area contributed by atoms with E-state index in [2.05, 4.69) is 10.9 Å². The summed E-state index contributed by atoms with van der Waals surface area (Å²) >= 11 is 0. The number of carbonyl (C=O) groups excluding carboxylic acids is 1. The fourth-order valence-corrected chi connectivity index (χ4v) is 0.857. The van der Waals surface area contributed by atoms with Gasteiger partial charge in [0, 0.05) is 6.20 Å². The molecule has 0 amide bonds. The summed E-state index contributed by atoms with van der Waals surface area (Å²) in [4.78, 5) is 11.5. The van der Waals surface area contributed by atoms with Gasteiger partial charge in [0.05, 0.1) is 0 Å². The van der Waals surface area contributed by atoms with Crippen LogP contribution in [0.15, 0.2) is 12.3 Å². The van der Waals surface area contributed by atoms with Gasteiger partial charge in [-0.1, -0.05) is 0 Å². The van der Waals surface area contributed by atoms with Crippen LogP contribution in [0.4, 0.5) is 0 Å². The highest BCUT2D eigenvalue weighted by Crippen LogP contribution is 2.13. The summed E-state index contributed by atoms with van der Waals surface area (Å²) in [6, 6.07) is 0. The van der Waals surface area contributed by atoms with Gasteiger partial charge in [-0.3, -0.25) is 5.73 Å². The second-order valence-corrected chi connectivity index (χ2v) is 3.97. The monoisotopic (exact) mass is 185 g/mol. The van der Waals surface area contributed by atoms with E-state index in [1.165, 1.54) is 6.08 Å². The third-order valence-corrected chi connectivity index (χ3v) is 1.45. The molecule has 0 fully saturated rings. The zero-order chi connectivity index (χ0) is 10.1. The molecule has 1 aliphatic heterocycles. The molecule has 0 saturated heterocycles. The van der Waals surface area contributed by atoms with Crippen LogP contribution >= 0.6 is 0 Å². The van der Waals surface area contributed by atoms with Crippen LogP contribution in [0.5, 0.6) is 0 Å². The Balaban J connectivity index is 2.63. The zero-order valence-corrected chi connectivity index (χ0v) is 8.05. The molecule has 0 aromatic carbocycles. The topological polar surface area (TPSA) is 76.4 Å². The molecule has 0 radical (unpaired) electrons. The van der Waals surface area contributed by atoms with Gasteiger partial charge in [0.15, 0.2) is 0 Å². The van der Waals surface area contributed by atoms with E-state index in [-0.39, 0.29) is 0 Å². The quantitative estimate of drug-likeness (QED) is 0.485. The smallest absolute Gasteiger partial charge is 0.347 e. The molecule has 74 valence electrons. The normalized spacial score (nSPS) is 27.1. The molecule has 4 N–H and O–H groups in total. The molecule has 0 spiro atoms. The van der Waals surface area contributed by atoms with Gasteiger partial charge in [0.2, 0.25) is 5.66 Å². The summed E-state index contributed by atoms with van der Waals surface area (Å²) in [5.41, 5.74) is 9.13. The Morgan fingerprint density at radius 1 is 1.54 bits per heavy atom. The third kappa shape index (κ3) is 2.43. The second kappa shape index (κ2) is 3.01. The molecule has 1 atom stereocenters. The van der Waals surface area contributed by atoms with Gasteiger partial charge in [-0.2, -0.15) is 0 Å². The van der Waals surface area contributed by atoms with Crippen LogP contribution in [-0.4, -0.2) is 17.2 Å². The van der Waals surface area contributed by atoms with E-state index in [9.17, 15) is 4.79 Å². The van der Waals surface area contributed by atoms with Crippen molar-refractivity contribution in [3.05, 3.63) is 12.3 Å². The largest absolute Gasteiger partial charge is 0.457 e. The van der Waals surface area contributed by atoms with Gasteiger partial charge in [-0.25, -0.2) is 10.2 Å². The first-order valence-electron chi connectivity index (χ1n) is 4.06. The van der Waals surface area contributed by atoms with Crippen molar-refractivity contribution in [3.63, 3.8) is 0 Å². The van der Waals surface area contributed by atoms with E-state index in [4.69, 9.17) is 10.5 Å². The van der Waals surface area contributed by atoms with Crippen LogP contribution in [0.2, 0.25) is 0 Å². The highest BCUT2D eigenvalue weighted by molar-refractivity contribution is 5.83. The standard InChI is InChI=1S/C8H15N3O2/c1-7(2,3)13-6(12)8(9)4-5-10-11-8/h4-5,10-11H,9H2,1-3H3. The SMILES string of the molecule is CC(C)(C)OC(=O)C1(N)C=CNN1. The molecule has 0 aromatic heterocycles. The van der Waals surface area contributed by atoms with Crippen molar-refractivity contribution in [1.29, 1.82) is 0 Å². The van der Waals surface area contributed by atoms with E-state index in [0.717, 1.165) is 0 Å². The number of rotatable bonds is 1. The number of hydrazine groups is 1. The Morgan fingerprint density at radius 3 is 2.54 bits per heavy atom. The van der Waals surface area contributed by atoms with Gasteiger partial charge in [-0.05, 0) is 26.8 Å². The first-order chi connectivity index (χ1) is 5.83. The van der Waals surface area contributed by atoms with Gasteiger partial charge in [0.1, 0.15) is 5.60 Å². The summed E-state index contributed by atoms with van der Waals surface area (Å²) < 4.78 is 5.11. The Kier molecular flexibility index (Phi) is 2.32. The van der Waals surface area contributed by atoms with Crippen molar-refractivity contribution in [1.82, 2.24) is 10.9 Å². The predicted octanol–water partition coefficient (Wildman–Crippen LogP) is -0.395. The molecule has 0 saturated carbocycles. The lowest BCUT2D eigenvalue weighted by molar-refractivity contribution is -0.160. The summed E-state index contributed by atoms with van der Waals surface area (Å²) in [5, 5.41) is 0. The van der Waals surface area contributed by atoms with Crippen LogP contribution in [0.1, 0.15) is 20.8 Å². The van der Waals surface area contributed by atoms with E-state index in [0.29, 0.717) is 0 Å². The van der Waals surface area contributed by atoms with E-state index < -0.39 is 17.2 Å². The average molecular weight is 185 g/mol. The van der Waals surface area contributed by atoms with E-state index in [1.807, 2.05) is 0 Å². The first kappa shape index (κ1) is 10.0. The Bertz CT molecular complexity index is 244. The summed E-state index contributed by atoms with van der Waals surface area (Å²) in [7, 11) is 0. The lowest BCUT2D eigenvalue weighted by Crippen LogP contribution is -2.60. The summed E-state index contributed by atoms with van der Waals surface area (Å²) in [6.07, 6.45) is 3.07. The lowest BCUT2D eigenvalue weighted by Gasteiger charge is -2.26. The van der Waals surface area contributed by atoms with Crippen LogP contribution in [-0.2, 0) is 9.53 Å². The molecular formula is C8H15N3O2. The Hall–Kier alpha value is -1.07. The highest BCUT2D eigenvalue weighted by Gasteiger charge is 2.37. The molecule has 0 aromatic rings. The molecule has 0 aliphatic carbocycles. The highest BCUT2D eigenvalue weighted by atomic mass is 16.6. The van der Waals surface area contributed by atoms with Crippen molar-refractivity contribution < 1.29 is 9.53 Å². The summed E-state index contributed by atoms with van der Waals surface area (Å²) in [5.74, 6) is -0.499. The van der Waals surface area contributed by atoms with Crippen molar-refractivity contribution in [2.24, 2.45) is 5.73 Å². The maximum absolute atomic E-state index is 11.5. The number of hydrogen-bond acceptors (Lipinski definition) is 5. The van der Waals surface area contributed by atoms with Crippen molar-refractivity contribution >= 4 is 5.97 Å². The summed E-state index contributed by atoms with van der Waals surface area (Å²) in [6.45, 7) is 5.38. The molecule has 5 nitrogen and oxygen atoms in total. The van der Waals surface area contributed by atoms with E-state index in [1.54, 1.807) is 27.0 Å². The van der Waals surface area contributed by atoms with E-state index >= 15 is 0 Å². The number of hydrogen-bond donors (Lipinski definition) is 3. The predicted molar refractivity (Wildman–Crippen MR) is 48.2 cm³/mol. The number of nitrogens with one attached hydrogen (secondary N) is 2. The number of esters is 1. The van der Waals surface area contributed by atoms with Gasteiger partial charge >= 0.3 is 5.97 Å². The van der Waals surface area contributed by atoms with Crippen molar-refractivity contribution in [3.8, 4) is 0 Å². The number of carbonyl (C=O) groups is 1. The first-order valence-corrected chi connectivity index (χ1v) is 4.06. The molecule has 1 rings (SSSR count). The molecule has 1 aliphatic rings. The minimum absolute atomic E-state index is 0.499. The van der Waals surface area contributed by atoms with Crippen LogP contribution in [0.3, 0.4) is 0 Å². The molecule has 0 bridgehead atoms. The Morgan fingerprint density at radius 2 is 2.15 bits per heavy atom. The molecule has 5 heteroatoms. The fourth-order valence-electron chi connectivity index (χ4n) is 0.857. The van der Waals surface area contributed by atoms with Crippen molar-refractivity contribution in [2.45, 2.75) is 32.0 Å². The van der Waals surface area contributed by atoms with Gasteiger partial charge in [0.25, 0.3) is 0 Å². The number of nitrogens with two attached hydrogens (primary N) is 1. The lowest BCUT2D eigenvalue weighted by atomic mass is 10.1. The maximum atomic E-state index is 11.5. The van der Waals surface area contributed by atoms with Crippen LogP contribution in [0, 0.1) is 0 Å². The second-order valence-electron chi connectivity index (χ2n) is 3.97. The molecule has 13 heavy (non-hydrogen) atoms. The third-order valence-electron chi connectivity index (χ3n) is 1.45. The zero-order valence-electron chi connectivity index (χ0n) is 8.05. The molecule has 1 heterocycles. The minimum Gasteiger partial charge on any atom is -0.457 e. The molecular weight excluding hydrogens is 170 g/mol. The molecule has 1 unspecified atom stereocenters. The maximum Gasteiger partial charge on any atom is 0.347 e. The van der Waals surface area contributed by atoms with Crippen molar-refractivity contribution in [2.75, 3.05) is 0 Å². The van der Waals surface area contributed by atoms with Gasteiger partial charge < -0.3 is 10.2 Å².